The Labute approximate surface area is 315 Å². The standard InChI is InChI=1S/C28H34F2N8O3S.C6H6OS.C2H6O/c1-28(2,3)24(32)27(40)41-15-38-13-16(11-34-38)26-36-20(14-42-26)25(39)35-19(12-33-17-7-5-4-6-8-17)22(31)23-18(29)9-10-21(30)37-23;7-8-6-4-2-1-3-5-6;1-2-3/h9-14,17,24H,4-8,15,31-32H2,1-3H3,(H,35,39);1-5,7H;3H,2H2,1H3/b22-19+,33-12?;;. The molecule has 7 N–H and O–H groups in total. The van der Waals surface area contributed by atoms with Crippen LogP contribution in [0.5, 0.6) is 0 Å². The summed E-state index contributed by atoms with van der Waals surface area (Å²) in [6, 6.07) is 10.4. The first-order valence-corrected chi connectivity index (χ1v) is 18.5. The van der Waals surface area contributed by atoms with Crippen LogP contribution in [0.1, 0.15) is 76.0 Å². The van der Waals surface area contributed by atoms with Crippen LogP contribution >= 0.6 is 23.4 Å². The third kappa shape index (κ3) is 13.7. The normalized spacial score (nSPS) is 14.3. The summed E-state index contributed by atoms with van der Waals surface area (Å²) >= 11 is 1.96. The SMILES string of the molecule is CC(C)(C)C(N)C(=O)OCn1cc(-c2nc(C(=O)N/C(C=NC3CCCCC3)=C(/N)c3nc(F)ccc3F)cs2)cn1.CCO.OSc1ccccc1. The third-order valence-electron chi connectivity index (χ3n) is 7.59. The van der Waals surface area contributed by atoms with Gasteiger partial charge in [-0.15, -0.1) is 11.3 Å². The molecule has 0 saturated heterocycles. The number of benzene rings is 1. The number of carbonyl (C=O) groups excluding carboxylic acids is 2. The molecule has 1 aliphatic rings. The van der Waals surface area contributed by atoms with Crippen molar-refractivity contribution in [2.24, 2.45) is 21.9 Å². The maximum atomic E-state index is 14.5. The summed E-state index contributed by atoms with van der Waals surface area (Å²) in [5, 5.41) is 16.4. The van der Waals surface area contributed by atoms with Gasteiger partial charge in [0.1, 0.15) is 22.4 Å². The van der Waals surface area contributed by atoms with Crippen LogP contribution in [0.3, 0.4) is 0 Å². The van der Waals surface area contributed by atoms with Crippen LogP contribution in [0.15, 0.2) is 75.8 Å². The summed E-state index contributed by atoms with van der Waals surface area (Å²) in [4.78, 5) is 38.8. The highest BCUT2D eigenvalue weighted by molar-refractivity contribution is 7.93. The summed E-state index contributed by atoms with van der Waals surface area (Å²) < 4.78 is 43.4. The molecule has 53 heavy (non-hydrogen) atoms. The Kier molecular flexibility index (Phi) is 17.2. The molecule has 13 nitrogen and oxygen atoms in total. The Morgan fingerprint density at radius 3 is 2.45 bits per heavy atom. The minimum absolute atomic E-state index is 0.0137. The number of amides is 1. The number of aromatic nitrogens is 4. The monoisotopic (exact) mass is 772 g/mol. The number of aliphatic hydroxyl groups excluding tert-OH is 1. The predicted molar refractivity (Wildman–Crippen MR) is 203 cm³/mol. The van der Waals surface area contributed by atoms with Gasteiger partial charge >= 0.3 is 5.97 Å². The topological polar surface area (TPSA) is 204 Å². The lowest BCUT2D eigenvalue weighted by Crippen LogP contribution is -2.43. The number of aliphatic imine (C=N–C) groups is 1. The Bertz CT molecular complexity index is 1820. The van der Waals surface area contributed by atoms with E-state index in [-0.39, 0.29) is 36.5 Å². The number of aliphatic hydroxyl groups is 1. The quantitative estimate of drug-likeness (QED) is 0.0526. The molecule has 0 bridgehead atoms. The lowest BCUT2D eigenvalue weighted by atomic mass is 9.87. The van der Waals surface area contributed by atoms with Crippen molar-refractivity contribution < 1.29 is 32.8 Å². The summed E-state index contributed by atoms with van der Waals surface area (Å²) in [5.74, 6) is -2.93. The molecule has 1 aliphatic carbocycles. The molecule has 5 rings (SSSR count). The number of esters is 1. The van der Waals surface area contributed by atoms with Gasteiger partial charge in [0.2, 0.25) is 5.95 Å². The molecule has 0 radical (unpaired) electrons. The highest BCUT2D eigenvalue weighted by Crippen LogP contribution is 2.25. The van der Waals surface area contributed by atoms with Gasteiger partial charge in [0.15, 0.2) is 12.5 Å². The summed E-state index contributed by atoms with van der Waals surface area (Å²) in [5.41, 5.74) is 11.6. The van der Waals surface area contributed by atoms with Gasteiger partial charge in [0.05, 0.1) is 23.6 Å². The van der Waals surface area contributed by atoms with Crippen LogP contribution < -0.4 is 16.8 Å². The van der Waals surface area contributed by atoms with Gasteiger partial charge in [-0.05, 0) is 49.4 Å². The van der Waals surface area contributed by atoms with Gasteiger partial charge in [0.25, 0.3) is 5.91 Å². The van der Waals surface area contributed by atoms with Crippen molar-refractivity contribution in [3.8, 4) is 10.6 Å². The van der Waals surface area contributed by atoms with Crippen molar-refractivity contribution in [3.05, 3.63) is 89.1 Å². The number of allylic oxidation sites excluding steroid dienone is 1. The average molecular weight is 773 g/mol. The van der Waals surface area contributed by atoms with E-state index in [1.165, 1.54) is 33.8 Å². The van der Waals surface area contributed by atoms with E-state index in [1.54, 1.807) is 13.1 Å². The number of nitrogens with one attached hydrogen (secondary N) is 1. The van der Waals surface area contributed by atoms with E-state index in [4.69, 9.17) is 25.9 Å². The highest BCUT2D eigenvalue weighted by Gasteiger charge is 2.29. The van der Waals surface area contributed by atoms with Gasteiger partial charge < -0.3 is 31.2 Å². The molecule has 1 atom stereocenters. The molecule has 1 saturated carbocycles. The number of halogens is 2. The van der Waals surface area contributed by atoms with Crippen molar-refractivity contribution in [3.63, 3.8) is 0 Å². The summed E-state index contributed by atoms with van der Waals surface area (Å²) in [7, 11) is 0. The second-order valence-electron chi connectivity index (χ2n) is 12.8. The maximum Gasteiger partial charge on any atom is 0.325 e. The van der Waals surface area contributed by atoms with Gasteiger partial charge in [-0.1, -0.05) is 58.2 Å². The maximum absolute atomic E-state index is 14.5. The smallest absolute Gasteiger partial charge is 0.325 e. The van der Waals surface area contributed by atoms with Crippen molar-refractivity contribution in [2.45, 2.75) is 83.5 Å². The van der Waals surface area contributed by atoms with Gasteiger partial charge in [0, 0.05) is 46.9 Å². The minimum Gasteiger partial charge on any atom is -0.441 e. The molecular formula is C36H46F2N8O5S2. The number of ether oxygens (including phenoxy) is 1. The Balaban J connectivity index is 0.000000592. The van der Waals surface area contributed by atoms with E-state index < -0.39 is 40.8 Å². The fourth-order valence-corrected chi connectivity index (χ4v) is 5.66. The second-order valence-corrected chi connectivity index (χ2v) is 14.3. The molecule has 3 heterocycles. The summed E-state index contributed by atoms with van der Waals surface area (Å²) in [6.07, 6.45) is 9.49. The molecule has 4 aromatic rings. The van der Waals surface area contributed by atoms with Gasteiger partial charge in [-0.25, -0.2) is 19.0 Å². The molecule has 286 valence electrons. The second kappa shape index (κ2) is 21.2. The number of nitrogens with zero attached hydrogens (tertiary/aromatic N) is 5. The molecule has 1 unspecified atom stereocenters. The Morgan fingerprint density at radius 1 is 1.15 bits per heavy atom. The number of rotatable bonds is 10. The fourth-order valence-electron chi connectivity index (χ4n) is 4.61. The number of hydrogen-bond donors (Lipinski definition) is 5. The van der Waals surface area contributed by atoms with Crippen LogP contribution in [-0.2, 0) is 16.3 Å². The number of nitrogens with two attached hydrogens (primary N) is 2. The van der Waals surface area contributed by atoms with Crippen LogP contribution in [0.25, 0.3) is 16.3 Å². The molecule has 1 aromatic carbocycles. The van der Waals surface area contributed by atoms with Crippen molar-refractivity contribution in [2.75, 3.05) is 6.61 Å². The van der Waals surface area contributed by atoms with Gasteiger partial charge in [-0.2, -0.15) is 9.49 Å². The van der Waals surface area contributed by atoms with Crippen LogP contribution in [0, 0.1) is 17.2 Å². The third-order valence-corrected chi connectivity index (χ3v) is 8.96. The molecule has 3 aromatic heterocycles. The number of pyridine rings is 1. The van der Waals surface area contributed by atoms with Crippen molar-refractivity contribution in [1.82, 2.24) is 25.1 Å². The average Bonchev–Trinajstić information content (AvgIpc) is 3.84. The molecule has 0 spiro atoms. The first kappa shape index (κ1) is 42.9. The Morgan fingerprint density at radius 2 is 1.83 bits per heavy atom. The zero-order chi connectivity index (χ0) is 39.0. The molecule has 0 aliphatic heterocycles. The zero-order valence-electron chi connectivity index (χ0n) is 30.0. The Hall–Kier alpha value is -4.55. The van der Waals surface area contributed by atoms with E-state index in [9.17, 15) is 18.4 Å². The predicted octanol–water partition coefficient (Wildman–Crippen LogP) is 6.27. The van der Waals surface area contributed by atoms with E-state index >= 15 is 0 Å². The fraction of sp³-hybridized carbons (Fsp3) is 0.389. The lowest BCUT2D eigenvalue weighted by Gasteiger charge is -2.24. The minimum atomic E-state index is -0.916. The van der Waals surface area contributed by atoms with E-state index in [0.29, 0.717) is 10.6 Å². The van der Waals surface area contributed by atoms with Crippen LogP contribution in [0.4, 0.5) is 8.78 Å². The van der Waals surface area contributed by atoms with Crippen molar-refractivity contribution >= 4 is 47.2 Å². The molecular weight excluding hydrogens is 727 g/mol. The van der Waals surface area contributed by atoms with E-state index in [2.05, 4.69) is 25.4 Å². The molecule has 1 fully saturated rings. The van der Waals surface area contributed by atoms with E-state index in [0.717, 1.165) is 61.2 Å². The number of thiazole rings is 1. The zero-order valence-corrected chi connectivity index (χ0v) is 31.7. The highest BCUT2D eigenvalue weighted by atomic mass is 32.2. The van der Waals surface area contributed by atoms with Gasteiger partial charge in [-0.3, -0.25) is 14.6 Å². The molecule has 1 amide bonds. The molecule has 17 heteroatoms. The van der Waals surface area contributed by atoms with Crippen LogP contribution in [0.2, 0.25) is 0 Å². The first-order chi connectivity index (χ1) is 25.3. The largest absolute Gasteiger partial charge is 0.441 e. The number of carbonyl (C=O) groups is 2. The van der Waals surface area contributed by atoms with Crippen molar-refractivity contribution in [1.29, 1.82) is 0 Å². The lowest BCUT2D eigenvalue weighted by molar-refractivity contribution is -0.152. The number of hydrogen-bond acceptors (Lipinski definition) is 13. The first-order valence-electron chi connectivity index (χ1n) is 16.8. The summed E-state index contributed by atoms with van der Waals surface area (Å²) in [6.45, 7) is 7.32. The van der Waals surface area contributed by atoms with Crippen LogP contribution in [-0.4, -0.2) is 66.2 Å². The van der Waals surface area contributed by atoms with E-state index in [1.807, 2.05) is 51.1 Å².